The number of ether oxygens (including phenoxy) is 1. The minimum absolute atomic E-state index is 0.220. The number of nitriles is 1. The minimum atomic E-state index is -0.729. The summed E-state index contributed by atoms with van der Waals surface area (Å²) < 4.78 is 5.49. The second-order valence-corrected chi connectivity index (χ2v) is 5.49. The van der Waals surface area contributed by atoms with Gasteiger partial charge in [-0.2, -0.15) is 5.26 Å². The number of carbonyl (C=O) groups excluding carboxylic acids is 1. The summed E-state index contributed by atoms with van der Waals surface area (Å²) in [7, 11) is 0. The molecule has 0 aliphatic heterocycles. The van der Waals surface area contributed by atoms with Crippen molar-refractivity contribution >= 4 is 5.91 Å². The van der Waals surface area contributed by atoms with Gasteiger partial charge in [-0.3, -0.25) is 4.79 Å². The maximum atomic E-state index is 12.5. The number of para-hydroxylation sites is 1. The van der Waals surface area contributed by atoms with Crippen LogP contribution in [-0.4, -0.2) is 18.1 Å². The largest absolute Gasteiger partial charge is 0.493 e. The van der Waals surface area contributed by atoms with Crippen LogP contribution >= 0.6 is 0 Å². The molecule has 1 aromatic rings. The standard InChI is InChI=1S/C17H22N2O2/c1-2-21-15-10-6-5-9-14(15)16(20)19-17(13-18)11-7-3-4-8-12-17/h5-6,9-10H,2-4,7-8,11-12H2,1H3,(H,19,20). The van der Waals surface area contributed by atoms with E-state index in [1.807, 2.05) is 19.1 Å². The third kappa shape index (κ3) is 3.75. The molecule has 0 saturated heterocycles. The maximum Gasteiger partial charge on any atom is 0.256 e. The Bertz CT molecular complexity index is 526. The highest BCUT2D eigenvalue weighted by Crippen LogP contribution is 2.28. The predicted octanol–water partition coefficient (Wildman–Crippen LogP) is 3.43. The zero-order valence-corrected chi connectivity index (χ0v) is 12.5. The van der Waals surface area contributed by atoms with Gasteiger partial charge in [-0.1, -0.05) is 37.8 Å². The first-order valence-corrected chi connectivity index (χ1v) is 7.66. The summed E-state index contributed by atoms with van der Waals surface area (Å²) in [4.78, 5) is 12.5. The number of carbonyl (C=O) groups is 1. The van der Waals surface area contributed by atoms with Crippen LogP contribution < -0.4 is 10.1 Å². The molecule has 1 N–H and O–H groups in total. The van der Waals surface area contributed by atoms with Gasteiger partial charge < -0.3 is 10.1 Å². The monoisotopic (exact) mass is 286 g/mol. The SMILES string of the molecule is CCOc1ccccc1C(=O)NC1(C#N)CCCCCC1. The first-order chi connectivity index (χ1) is 10.2. The van der Waals surface area contributed by atoms with E-state index < -0.39 is 5.54 Å². The van der Waals surface area contributed by atoms with Crippen molar-refractivity contribution < 1.29 is 9.53 Å². The molecule has 1 fully saturated rings. The first-order valence-electron chi connectivity index (χ1n) is 7.66. The van der Waals surface area contributed by atoms with E-state index in [-0.39, 0.29) is 5.91 Å². The zero-order valence-electron chi connectivity index (χ0n) is 12.5. The van der Waals surface area contributed by atoms with E-state index >= 15 is 0 Å². The normalized spacial score (nSPS) is 17.3. The Balaban J connectivity index is 2.18. The van der Waals surface area contributed by atoms with E-state index in [2.05, 4.69) is 11.4 Å². The Labute approximate surface area is 126 Å². The number of hydrogen-bond donors (Lipinski definition) is 1. The lowest BCUT2D eigenvalue weighted by atomic mass is 9.91. The average molecular weight is 286 g/mol. The molecule has 0 heterocycles. The molecule has 1 aliphatic carbocycles. The van der Waals surface area contributed by atoms with Crippen LogP contribution in [0.2, 0.25) is 0 Å². The lowest BCUT2D eigenvalue weighted by Gasteiger charge is -2.26. The second-order valence-electron chi connectivity index (χ2n) is 5.49. The lowest BCUT2D eigenvalue weighted by Crippen LogP contribution is -2.47. The van der Waals surface area contributed by atoms with Gasteiger partial charge in [0.1, 0.15) is 11.3 Å². The molecule has 0 radical (unpaired) electrons. The molecule has 112 valence electrons. The lowest BCUT2D eigenvalue weighted by molar-refractivity contribution is 0.0909. The maximum absolute atomic E-state index is 12.5. The van der Waals surface area contributed by atoms with Gasteiger partial charge in [-0.15, -0.1) is 0 Å². The Morgan fingerprint density at radius 3 is 2.57 bits per heavy atom. The van der Waals surface area contributed by atoms with Crippen LogP contribution in [-0.2, 0) is 0 Å². The van der Waals surface area contributed by atoms with Gasteiger partial charge in [-0.25, -0.2) is 0 Å². The highest BCUT2D eigenvalue weighted by Gasteiger charge is 2.33. The summed E-state index contributed by atoms with van der Waals surface area (Å²) >= 11 is 0. The van der Waals surface area contributed by atoms with Crippen molar-refractivity contribution in [2.45, 2.75) is 51.0 Å². The molecule has 1 aliphatic rings. The van der Waals surface area contributed by atoms with Crippen LogP contribution in [0.1, 0.15) is 55.8 Å². The molecular formula is C17H22N2O2. The summed E-state index contributed by atoms with van der Waals surface area (Å²) in [6.45, 7) is 2.39. The number of rotatable bonds is 4. The summed E-state index contributed by atoms with van der Waals surface area (Å²) in [6, 6.07) is 9.51. The van der Waals surface area contributed by atoms with Crippen LogP contribution in [0.3, 0.4) is 0 Å². The summed E-state index contributed by atoms with van der Waals surface area (Å²) in [6.07, 6.45) is 5.70. The zero-order chi connectivity index (χ0) is 15.1. The molecule has 1 amide bonds. The third-order valence-corrected chi connectivity index (χ3v) is 3.96. The Morgan fingerprint density at radius 1 is 1.29 bits per heavy atom. The van der Waals surface area contributed by atoms with E-state index in [1.165, 1.54) is 0 Å². The van der Waals surface area contributed by atoms with Gasteiger partial charge in [0.25, 0.3) is 5.91 Å². The fourth-order valence-corrected chi connectivity index (χ4v) is 2.82. The molecular weight excluding hydrogens is 264 g/mol. The van der Waals surface area contributed by atoms with Crippen LogP contribution in [0, 0.1) is 11.3 Å². The van der Waals surface area contributed by atoms with Gasteiger partial charge >= 0.3 is 0 Å². The number of hydrogen-bond acceptors (Lipinski definition) is 3. The quantitative estimate of drug-likeness (QED) is 0.862. The van der Waals surface area contributed by atoms with E-state index in [4.69, 9.17) is 4.74 Å². The van der Waals surface area contributed by atoms with Crippen molar-refractivity contribution in [3.63, 3.8) is 0 Å². The molecule has 0 spiro atoms. The van der Waals surface area contributed by atoms with Crippen LogP contribution in [0.5, 0.6) is 5.75 Å². The van der Waals surface area contributed by atoms with Crippen LogP contribution in [0.15, 0.2) is 24.3 Å². The van der Waals surface area contributed by atoms with Gasteiger partial charge in [0.15, 0.2) is 0 Å². The van der Waals surface area contributed by atoms with Crippen LogP contribution in [0.25, 0.3) is 0 Å². The number of nitrogens with zero attached hydrogens (tertiary/aromatic N) is 1. The molecule has 0 bridgehead atoms. The Morgan fingerprint density at radius 2 is 1.95 bits per heavy atom. The summed E-state index contributed by atoms with van der Waals surface area (Å²) in [5.41, 5.74) is -0.231. The van der Waals surface area contributed by atoms with Crippen molar-refractivity contribution in [1.82, 2.24) is 5.32 Å². The molecule has 1 aromatic carbocycles. The first kappa shape index (κ1) is 15.4. The van der Waals surface area contributed by atoms with E-state index in [9.17, 15) is 10.1 Å². The van der Waals surface area contributed by atoms with E-state index in [1.54, 1.807) is 12.1 Å². The molecule has 1 saturated carbocycles. The topological polar surface area (TPSA) is 62.1 Å². The van der Waals surface area contributed by atoms with E-state index in [0.717, 1.165) is 38.5 Å². The highest BCUT2D eigenvalue weighted by atomic mass is 16.5. The molecule has 2 rings (SSSR count). The molecule has 21 heavy (non-hydrogen) atoms. The number of amides is 1. The molecule has 0 unspecified atom stereocenters. The second kappa shape index (κ2) is 7.12. The average Bonchev–Trinajstić information content (AvgIpc) is 2.74. The predicted molar refractivity (Wildman–Crippen MR) is 81.1 cm³/mol. The minimum Gasteiger partial charge on any atom is -0.493 e. The highest BCUT2D eigenvalue weighted by molar-refractivity contribution is 5.97. The summed E-state index contributed by atoms with van der Waals surface area (Å²) in [5, 5.41) is 12.5. The third-order valence-electron chi connectivity index (χ3n) is 3.96. The van der Waals surface area contributed by atoms with Gasteiger partial charge in [-0.05, 0) is 31.9 Å². The van der Waals surface area contributed by atoms with Crippen LogP contribution in [0.4, 0.5) is 0 Å². The fourth-order valence-electron chi connectivity index (χ4n) is 2.82. The van der Waals surface area contributed by atoms with Gasteiger partial charge in [0.05, 0.1) is 18.2 Å². The van der Waals surface area contributed by atoms with Crippen molar-refractivity contribution in [2.24, 2.45) is 0 Å². The van der Waals surface area contributed by atoms with Gasteiger partial charge in [0.2, 0.25) is 0 Å². The van der Waals surface area contributed by atoms with Crippen molar-refractivity contribution in [3.05, 3.63) is 29.8 Å². The summed E-state index contributed by atoms with van der Waals surface area (Å²) in [5.74, 6) is 0.349. The Hall–Kier alpha value is -2.02. The molecule has 0 atom stereocenters. The Kier molecular flexibility index (Phi) is 5.21. The van der Waals surface area contributed by atoms with Crippen molar-refractivity contribution in [2.75, 3.05) is 6.61 Å². The van der Waals surface area contributed by atoms with Gasteiger partial charge in [0, 0.05) is 0 Å². The number of benzene rings is 1. The smallest absolute Gasteiger partial charge is 0.256 e. The molecule has 0 aromatic heterocycles. The fraction of sp³-hybridized carbons (Fsp3) is 0.529. The molecule has 4 nitrogen and oxygen atoms in total. The molecule has 4 heteroatoms. The van der Waals surface area contributed by atoms with E-state index in [0.29, 0.717) is 17.9 Å². The van der Waals surface area contributed by atoms with Crippen molar-refractivity contribution in [3.8, 4) is 11.8 Å². The van der Waals surface area contributed by atoms with Crippen molar-refractivity contribution in [1.29, 1.82) is 5.26 Å². The number of nitrogens with one attached hydrogen (secondary N) is 1.